The third-order valence-corrected chi connectivity index (χ3v) is 6.71. The van der Waals surface area contributed by atoms with E-state index >= 15 is 0 Å². The van der Waals surface area contributed by atoms with Crippen molar-refractivity contribution >= 4 is 17.8 Å². The normalized spacial score (nSPS) is 20.6. The van der Waals surface area contributed by atoms with Crippen LogP contribution in [0.25, 0.3) is 6.08 Å². The van der Waals surface area contributed by atoms with Gasteiger partial charge in [-0.2, -0.15) is 0 Å². The summed E-state index contributed by atoms with van der Waals surface area (Å²) in [7, 11) is 0. The molecule has 0 saturated carbocycles. The Balaban J connectivity index is 1.54. The van der Waals surface area contributed by atoms with Gasteiger partial charge in [0.15, 0.2) is 5.78 Å². The number of hydrogen-bond donors (Lipinski definition) is 1. The molecule has 2 aromatic carbocycles. The Morgan fingerprint density at radius 2 is 1.91 bits per heavy atom. The van der Waals surface area contributed by atoms with E-state index in [4.69, 9.17) is 0 Å². The second kappa shape index (κ2) is 9.95. The lowest BCUT2D eigenvalue weighted by molar-refractivity contribution is -0.119. The third kappa shape index (κ3) is 4.67. The molecule has 3 unspecified atom stereocenters. The van der Waals surface area contributed by atoms with Crippen LogP contribution in [0.5, 0.6) is 0 Å². The van der Waals surface area contributed by atoms with Crippen LogP contribution in [0.2, 0.25) is 0 Å². The number of fused-ring (bicyclic) bond motifs is 1. The standard InChI is InChI=1S/C29H31NO2/c1-3-27(21-11-6-4-7-12-21)30-29(32)24-17-18-25-20(2)26(16-10-15-23(25)19-24)28(31)22-13-8-5-9-14-22/h4-8,10-13,15,17-20,26-27H,3,9,14,16H2,1-2H3,(H,30,32). The van der Waals surface area contributed by atoms with Crippen molar-refractivity contribution < 1.29 is 9.59 Å². The molecule has 4 rings (SSSR count). The fraction of sp³-hybridized carbons (Fsp3) is 0.310. The van der Waals surface area contributed by atoms with Gasteiger partial charge in [-0.1, -0.05) is 80.6 Å². The van der Waals surface area contributed by atoms with Crippen molar-refractivity contribution in [2.75, 3.05) is 0 Å². The summed E-state index contributed by atoms with van der Waals surface area (Å²) >= 11 is 0. The van der Waals surface area contributed by atoms with Gasteiger partial charge >= 0.3 is 0 Å². The van der Waals surface area contributed by atoms with Gasteiger partial charge in [0.25, 0.3) is 5.91 Å². The Morgan fingerprint density at radius 3 is 2.62 bits per heavy atom. The molecular weight excluding hydrogens is 394 g/mol. The molecule has 0 saturated heterocycles. The van der Waals surface area contributed by atoms with Gasteiger partial charge in [-0.3, -0.25) is 9.59 Å². The summed E-state index contributed by atoms with van der Waals surface area (Å²) in [6.07, 6.45) is 13.5. The van der Waals surface area contributed by atoms with Crippen molar-refractivity contribution in [1.29, 1.82) is 0 Å². The molecule has 3 nitrogen and oxygen atoms in total. The minimum absolute atomic E-state index is 0.0169. The lowest BCUT2D eigenvalue weighted by Crippen LogP contribution is -2.28. The average Bonchev–Trinajstić information content (AvgIpc) is 3.01. The molecule has 164 valence electrons. The summed E-state index contributed by atoms with van der Waals surface area (Å²) in [5, 5.41) is 3.17. The van der Waals surface area contributed by atoms with E-state index in [1.807, 2.05) is 60.7 Å². The zero-order chi connectivity index (χ0) is 22.5. The Hall–Kier alpha value is -3.20. The van der Waals surface area contributed by atoms with Gasteiger partial charge in [-0.25, -0.2) is 0 Å². The molecule has 0 spiro atoms. The molecule has 32 heavy (non-hydrogen) atoms. The molecule has 0 radical (unpaired) electrons. The number of ketones is 1. The first kappa shape index (κ1) is 22.0. The summed E-state index contributed by atoms with van der Waals surface area (Å²) in [6, 6.07) is 15.9. The smallest absolute Gasteiger partial charge is 0.251 e. The van der Waals surface area contributed by atoms with E-state index in [2.05, 4.69) is 37.4 Å². The Bertz CT molecular complexity index is 1080. The van der Waals surface area contributed by atoms with E-state index in [1.54, 1.807) is 0 Å². The zero-order valence-corrected chi connectivity index (χ0v) is 18.9. The number of allylic oxidation sites excluding steroid dienone is 5. The number of nitrogens with one attached hydrogen (secondary N) is 1. The van der Waals surface area contributed by atoms with Crippen LogP contribution in [0.3, 0.4) is 0 Å². The maximum absolute atomic E-state index is 13.2. The van der Waals surface area contributed by atoms with Crippen molar-refractivity contribution in [3.8, 4) is 0 Å². The molecule has 0 aliphatic heterocycles. The van der Waals surface area contributed by atoms with Crippen molar-refractivity contribution in [1.82, 2.24) is 5.32 Å². The highest BCUT2D eigenvalue weighted by molar-refractivity contribution is 5.99. The quantitative estimate of drug-likeness (QED) is 0.570. The van der Waals surface area contributed by atoms with Crippen LogP contribution in [0.4, 0.5) is 0 Å². The summed E-state index contributed by atoms with van der Waals surface area (Å²) < 4.78 is 0. The Labute approximate surface area is 190 Å². The van der Waals surface area contributed by atoms with Crippen LogP contribution in [-0.4, -0.2) is 11.7 Å². The monoisotopic (exact) mass is 425 g/mol. The molecular formula is C29H31NO2. The second-order valence-electron chi connectivity index (χ2n) is 8.74. The van der Waals surface area contributed by atoms with Gasteiger partial charge in [0.05, 0.1) is 6.04 Å². The van der Waals surface area contributed by atoms with Gasteiger partial charge in [-0.15, -0.1) is 0 Å². The van der Waals surface area contributed by atoms with Crippen LogP contribution in [0.1, 0.15) is 78.5 Å². The fourth-order valence-corrected chi connectivity index (χ4v) is 4.77. The van der Waals surface area contributed by atoms with E-state index in [-0.39, 0.29) is 29.6 Å². The van der Waals surface area contributed by atoms with Crippen LogP contribution in [0.15, 0.2) is 78.4 Å². The predicted molar refractivity (Wildman–Crippen MR) is 130 cm³/mol. The first-order valence-corrected chi connectivity index (χ1v) is 11.6. The van der Waals surface area contributed by atoms with Crippen molar-refractivity contribution in [2.24, 2.45) is 5.92 Å². The number of benzene rings is 2. The van der Waals surface area contributed by atoms with E-state index in [0.717, 1.165) is 47.9 Å². The number of Topliss-reactive ketones (excluding diaryl/α,β-unsaturated/α-hetero) is 1. The van der Waals surface area contributed by atoms with Crippen molar-refractivity contribution in [2.45, 2.75) is 51.5 Å². The first-order chi connectivity index (χ1) is 15.6. The predicted octanol–water partition coefficient (Wildman–Crippen LogP) is 6.55. The number of rotatable bonds is 6. The largest absolute Gasteiger partial charge is 0.345 e. The van der Waals surface area contributed by atoms with Crippen LogP contribution >= 0.6 is 0 Å². The molecule has 2 aliphatic carbocycles. The Kier molecular flexibility index (Phi) is 6.84. The van der Waals surface area contributed by atoms with E-state index in [9.17, 15) is 9.59 Å². The van der Waals surface area contributed by atoms with Gasteiger partial charge in [0.1, 0.15) is 0 Å². The van der Waals surface area contributed by atoms with E-state index < -0.39 is 0 Å². The van der Waals surface area contributed by atoms with Gasteiger partial charge in [0.2, 0.25) is 0 Å². The van der Waals surface area contributed by atoms with Gasteiger partial charge in [0, 0.05) is 11.5 Å². The molecule has 2 aromatic rings. The Morgan fingerprint density at radius 1 is 1.09 bits per heavy atom. The van der Waals surface area contributed by atoms with Gasteiger partial charge in [-0.05, 0) is 66.0 Å². The molecule has 0 fully saturated rings. The SMILES string of the molecule is CCC(NC(=O)c1ccc2c(c1)C=CCC(C(=O)C1=CC=CCC1)C2C)c1ccccc1. The average molecular weight is 426 g/mol. The number of carbonyl (C=O) groups excluding carboxylic acids is 2. The van der Waals surface area contributed by atoms with Gasteiger partial charge < -0.3 is 5.32 Å². The lowest BCUT2D eigenvalue weighted by atomic mass is 9.79. The van der Waals surface area contributed by atoms with E-state index in [1.165, 1.54) is 0 Å². The third-order valence-electron chi connectivity index (χ3n) is 6.71. The molecule has 0 heterocycles. The summed E-state index contributed by atoms with van der Waals surface area (Å²) in [5.74, 6) is 0.229. The molecule has 3 atom stereocenters. The second-order valence-corrected chi connectivity index (χ2v) is 8.74. The van der Waals surface area contributed by atoms with Crippen LogP contribution in [-0.2, 0) is 4.79 Å². The molecule has 2 aliphatic rings. The number of hydrogen-bond acceptors (Lipinski definition) is 2. The van der Waals surface area contributed by atoms with E-state index in [0.29, 0.717) is 5.56 Å². The highest BCUT2D eigenvalue weighted by atomic mass is 16.1. The lowest BCUT2D eigenvalue weighted by Gasteiger charge is -2.24. The van der Waals surface area contributed by atoms with Crippen molar-refractivity contribution in [3.05, 3.63) is 101 Å². The van der Waals surface area contributed by atoms with Crippen molar-refractivity contribution in [3.63, 3.8) is 0 Å². The molecule has 0 aromatic heterocycles. The summed E-state index contributed by atoms with van der Waals surface area (Å²) in [4.78, 5) is 26.2. The molecule has 1 N–H and O–H groups in total. The first-order valence-electron chi connectivity index (χ1n) is 11.6. The fourth-order valence-electron chi connectivity index (χ4n) is 4.77. The zero-order valence-electron chi connectivity index (χ0n) is 18.9. The minimum atomic E-state index is -0.0689. The topological polar surface area (TPSA) is 46.2 Å². The molecule has 1 amide bonds. The molecule has 3 heteroatoms. The summed E-state index contributed by atoms with van der Waals surface area (Å²) in [6.45, 7) is 4.21. The van der Waals surface area contributed by atoms with Crippen LogP contribution < -0.4 is 5.32 Å². The highest BCUT2D eigenvalue weighted by Crippen LogP contribution is 2.36. The van der Waals surface area contributed by atoms with Crippen LogP contribution in [0, 0.1) is 5.92 Å². The summed E-state index contributed by atoms with van der Waals surface area (Å²) in [5.41, 5.74) is 4.87. The number of carbonyl (C=O) groups is 2. The maximum Gasteiger partial charge on any atom is 0.251 e. The maximum atomic E-state index is 13.2. The molecule has 0 bridgehead atoms. The highest BCUT2D eigenvalue weighted by Gasteiger charge is 2.30. The minimum Gasteiger partial charge on any atom is -0.345 e. The number of amides is 1.